The fourth-order valence-electron chi connectivity index (χ4n) is 2.64. The molecule has 2 nitrogen and oxygen atoms in total. The Balaban J connectivity index is 2.30. The molecule has 1 aromatic rings. The van der Waals surface area contributed by atoms with Gasteiger partial charge in [0.2, 0.25) is 0 Å². The lowest BCUT2D eigenvalue weighted by Crippen LogP contribution is -2.27. The fourth-order valence-corrected chi connectivity index (χ4v) is 3.16. The average Bonchev–Trinajstić information content (AvgIpc) is 2.49. The molecule has 0 saturated carbocycles. The number of anilines is 1. The number of rotatable bonds is 2. The minimum atomic E-state index is 0.435. The van der Waals surface area contributed by atoms with Crippen molar-refractivity contribution < 1.29 is 0 Å². The van der Waals surface area contributed by atoms with Crippen LogP contribution >= 0.6 is 28.1 Å². The molecule has 2 N–H and O–H groups in total. The fraction of sp³-hybridized carbons (Fsp3) is 0.533. The van der Waals surface area contributed by atoms with Gasteiger partial charge in [-0.15, -0.1) is 0 Å². The molecular formula is C15H21BrN2S. The Kier molecular flexibility index (Phi) is 4.51. The summed E-state index contributed by atoms with van der Waals surface area (Å²) in [6.45, 7) is 6.85. The summed E-state index contributed by atoms with van der Waals surface area (Å²) in [5.74, 6) is 0. The van der Waals surface area contributed by atoms with Crippen molar-refractivity contribution in [1.29, 1.82) is 0 Å². The molecule has 0 aliphatic carbocycles. The Bertz CT molecular complexity index is 485. The Morgan fingerprint density at radius 2 is 2.05 bits per heavy atom. The van der Waals surface area contributed by atoms with Gasteiger partial charge >= 0.3 is 0 Å². The monoisotopic (exact) mass is 340 g/mol. The molecule has 19 heavy (non-hydrogen) atoms. The third kappa shape index (κ3) is 3.69. The average molecular weight is 341 g/mol. The third-order valence-electron chi connectivity index (χ3n) is 3.91. The second kappa shape index (κ2) is 5.80. The van der Waals surface area contributed by atoms with Crippen LogP contribution in [0.1, 0.15) is 38.7 Å². The maximum atomic E-state index is 5.85. The van der Waals surface area contributed by atoms with E-state index in [2.05, 4.69) is 40.7 Å². The van der Waals surface area contributed by atoms with Crippen LogP contribution in [0.15, 0.2) is 22.7 Å². The summed E-state index contributed by atoms with van der Waals surface area (Å²) in [5.41, 5.74) is 8.44. The second-order valence-corrected chi connectivity index (χ2v) is 7.39. The van der Waals surface area contributed by atoms with E-state index in [0.717, 1.165) is 23.1 Å². The molecular weight excluding hydrogens is 320 g/mol. The van der Waals surface area contributed by atoms with Gasteiger partial charge in [-0.05, 0) is 42.9 Å². The lowest BCUT2D eigenvalue weighted by atomic mass is 9.85. The van der Waals surface area contributed by atoms with E-state index in [1.54, 1.807) is 0 Å². The molecule has 2 rings (SSSR count). The molecule has 104 valence electrons. The molecule has 0 aromatic heterocycles. The predicted molar refractivity (Wildman–Crippen MR) is 89.9 cm³/mol. The zero-order valence-electron chi connectivity index (χ0n) is 11.6. The first-order chi connectivity index (χ1) is 8.89. The van der Waals surface area contributed by atoms with E-state index in [4.69, 9.17) is 18.0 Å². The van der Waals surface area contributed by atoms with Crippen molar-refractivity contribution >= 4 is 38.8 Å². The maximum absolute atomic E-state index is 5.85. The summed E-state index contributed by atoms with van der Waals surface area (Å²) in [4.78, 5) is 2.90. The van der Waals surface area contributed by atoms with Crippen LogP contribution in [0, 0.1) is 5.41 Å². The Morgan fingerprint density at radius 1 is 1.32 bits per heavy atom. The summed E-state index contributed by atoms with van der Waals surface area (Å²) in [7, 11) is 0. The van der Waals surface area contributed by atoms with Crippen LogP contribution in [0.2, 0.25) is 0 Å². The van der Waals surface area contributed by atoms with Crippen LogP contribution in [-0.4, -0.2) is 18.1 Å². The molecule has 0 radical (unpaired) electrons. The second-order valence-electron chi connectivity index (χ2n) is 6.03. The maximum Gasteiger partial charge on any atom is 0.106 e. The first kappa shape index (κ1) is 14.8. The topological polar surface area (TPSA) is 29.3 Å². The van der Waals surface area contributed by atoms with Crippen molar-refractivity contribution in [1.82, 2.24) is 0 Å². The number of nitrogens with zero attached hydrogens (tertiary/aromatic N) is 1. The van der Waals surface area contributed by atoms with Crippen LogP contribution in [0.3, 0.4) is 0 Å². The van der Waals surface area contributed by atoms with Crippen LogP contribution in [0.25, 0.3) is 0 Å². The zero-order chi connectivity index (χ0) is 14.0. The molecule has 1 aliphatic rings. The van der Waals surface area contributed by atoms with Gasteiger partial charge in [-0.2, -0.15) is 0 Å². The molecule has 1 aliphatic heterocycles. The van der Waals surface area contributed by atoms with E-state index in [1.807, 2.05) is 12.1 Å². The normalized spacial score (nSPS) is 19.0. The van der Waals surface area contributed by atoms with Gasteiger partial charge in [0, 0.05) is 28.8 Å². The van der Waals surface area contributed by atoms with Crippen molar-refractivity contribution in [2.75, 3.05) is 18.0 Å². The molecule has 0 unspecified atom stereocenters. The predicted octanol–water partition coefficient (Wildman–Crippen LogP) is 4.10. The zero-order valence-corrected chi connectivity index (χ0v) is 14.0. The SMILES string of the molecule is CC1(C)CCCN(c2cc(Br)ccc2C(N)=S)CC1. The van der Waals surface area contributed by atoms with Gasteiger partial charge in [-0.25, -0.2) is 0 Å². The van der Waals surface area contributed by atoms with E-state index in [-0.39, 0.29) is 0 Å². The largest absolute Gasteiger partial charge is 0.389 e. The highest BCUT2D eigenvalue weighted by Gasteiger charge is 2.24. The summed E-state index contributed by atoms with van der Waals surface area (Å²) in [6.07, 6.45) is 3.70. The van der Waals surface area contributed by atoms with Crippen molar-refractivity contribution in [3.8, 4) is 0 Å². The molecule has 1 saturated heterocycles. The number of benzene rings is 1. The van der Waals surface area contributed by atoms with Crippen LogP contribution in [-0.2, 0) is 0 Å². The quantitative estimate of drug-likeness (QED) is 0.821. The number of hydrogen-bond acceptors (Lipinski definition) is 2. The minimum Gasteiger partial charge on any atom is -0.389 e. The smallest absolute Gasteiger partial charge is 0.106 e. The summed E-state index contributed by atoms with van der Waals surface area (Å²) in [5, 5.41) is 0. The third-order valence-corrected chi connectivity index (χ3v) is 4.62. The highest BCUT2D eigenvalue weighted by Crippen LogP contribution is 2.33. The highest BCUT2D eigenvalue weighted by molar-refractivity contribution is 9.10. The minimum absolute atomic E-state index is 0.435. The molecule has 1 fully saturated rings. The van der Waals surface area contributed by atoms with Gasteiger partial charge in [0.25, 0.3) is 0 Å². The molecule has 1 heterocycles. The van der Waals surface area contributed by atoms with Crippen LogP contribution in [0.4, 0.5) is 5.69 Å². The Hall–Kier alpha value is -0.610. The Labute approximate surface area is 129 Å². The van der Waals surface area contributed by atoms with E-state index < -0.39 is 0 Å². The molecule has 4 heteroatoms. The van der Waals surface area contributed by atoms with Crippen molar-refractivity contribution in [2.24, 2.45) is 11.1 Å². The van der Waals surface area contributed by atoms with Gasteiger partial charge in [-0.1, -0.05) is 42.0 Å². The first-order valence-corrected chi connectivity index (χ1v) is 7.93. The van der Waals surface area contributed by atoms with Gasteiger partial charge in [0.15, 0.2) is 0 Å². The van der Waals surface area contributed by atoms with E-state index in [9.17, 15) is 0 Å². The summed E-state index contributed by atoms with van der Waals surface area (Å²) < 4.78 is 1.08. The molecule has 0 spiro atoms. The Morgan fingerprint density at radius 3 is 2.74 bits per heavy atom. The lowest BCUT2D eigenvalue weighted by Gasteiger charge is -2.27. The van der Waals surface area contributed by atoms with Crippen LogP contribution in [0.5, 0.6) is 0 Å². The summed E-state index contributed by atoms with van der Waals surface area (Å²) >= 11 is 8.72. The van der Waals surface area contributed by atoms with E-state index in [0.29, 0.717) is 10.4 Å². The lowest BCUT2D eigenvalue weighted by molar-refractivity contribution is 0.325. The summed E-state index contributed by atoms with van der Waals surface area (Å²) in [6, 6.07) is 6.14. The molecule has 0 atom stereocenters. The molecule has 0 bridgehead atoms. The standard InChI is InChI=1S/C15H21BrN2S/c1-15(2)6-3-8-18(9-7-15)13-10-11(16)4-5-12(13)14(17)19/h4-5,10H,3,6-9H2,1-2H3,(H2,17,19). The first-order valence-electron chi connectivity index (χ1n) is 6.73. The van der Waals surface area contributed by atoms with E-state index in [1.165, 1.54) is 24.9 Å². The van der Waals surface area contributed by atoms with Crippen LogP contribution < -0.4 is 10.6 Å². The van der Waals surface area contributed by atoms with Crippen molar-refractivity contribution in [2.45, 2.75) is 33.1 Å². The molecule has 1 aromatic carbocycles. The number of thiocarbonyl (C=S) groups is 1. The van der Waals surface area contributed by atoms with E-state index >= 15 is 0 Å². The van der Waals surface area contributed by atoms with Gasteiger partial charge in [0.1, 0.15) is 4.99 Å². The van der Waals surface area contributed by atoms with Crippen molar-refractivity contribution in [3.63, 3.8) is 0 Å². The number of hydrogen-bond donors (Lipinski definition) is 1. The van der Waals surface area contributed by atoms with Crippen molar-refractivity contribution in [3.05, 3.63) is 28.2 Å². The highest BCUT2D eigenvalue weighted by atomic mass is 79.9. The number of nitrogens with two attached hydrogens (primary N) is 1. The van der Waals surface area contributed by atoms with Gasteiger partial charge in [-0.3, -0.25) is 0 Å². The van der Waals surface area contributed by atoms with Gasteiger partial charge < -0.3 is 10.6 Å². The molecule has 0 amide bonds. The van der Waals surface area contributed by atoms with Gasteiger partial charge in [0.05, 0.1) is 0 Å². The number of halogens is 1.